The summed E-state index contributed by atoms with van der Waals surface area (Å²) in [6.07, 6.45) is 6.00. The van der Waals surface area contributed by atoms with Gasteiger partial charge in [-0.15, -0.1) is 0 Å². The van der Waals surface area contributed by atoms with Crippen molar-refractivity contribution in [3.8, 4) is 0 Å². The maximum absolute atomic E-state index is 12.0. The van der Waals surface area contributed by atoms with Gasteiger partial charge in [0.15, 0.2) is 0 Å². The highest BCUT2D eigenvalue weighted by Gasteiger charge is 2.26. The summed E-state index contributed by atoms with van der Waals surface area (Å²) in [5.41, 5.74) is -0.478. The van der Waals surface area contributed by atoms with Crippen molar-refractivity contribution in [1.29, 1.82) is 0 Å². The summed E-state index contributed by atoms with van der Waals surface area (Å²) < 4.78 is 0. The fourth-order valence-corrected chi connectivity index (χ4v) is 2.82. The molecule has 110 valence electrons. The van der Waals surface area contributed by atoms with Gasteiger partial charge >= 0.3 is 5.97 Å². The number of nitrogens with one attached hydrogen (secondary N) is 1. The second-order valence-corrected chi connectivity index (χ2v) is 6.79. The summed E-state index contributed by atoms with van der Waals surface area (Å²) in [4.78, 5) is 22.7. The van der Waals surface area contributed by atoms with Gasteiger partial charge in [-0.2, -0.15) is 0 Å². The van der Waals surface area contributed by atoms with Crippen molar-refractivity contribution in [3.63, 3.8) is 0 Å². The van der Waals surface area contributed by atoms with Gasteiger partial charge in [0.1, 0.15) is 0 Å². The Morgan fingerprint density at radius 2 is 1.84 bits per heavy atom. The van der Waals surface area contributed by atoms with Crippen molar-refractivity contribution in [1.82, 2.24) is 5.32 Å². The molecule has 0 aromatic rings. The minimum Gasteiger partial charge on any atom is -0.481 e. The number of carbonyl (C=O) groups is 2. The van der Waals surface area contributed by atoms with E-state index in [0.717, 1.165) is 18.8 Å². The van der Waals surface area contributed by atoms with Crippen LogP contribution in [-0.4, -0.2) is 23.0 Å². The van der Waals surface area contributed by atoms with E-state index < -0.39 is 11.4 Å². The van der Waals surface area contributed by atoms with Gasteiger partial charge in [0.2, 0.25) is 5.91 Å². The Balaban J connectivity index is 2.39. The molecule has 1 aliphatic rings. The van der Waals surface area contributed by atoms with Crippen LogP contribution in [0.1, 0.15) is 65.7 Å². The zero-order valence-electron chi connectivity index (χ0n) is 12.4. The second kappa shape index (κ2) is 6.92. The summed E-state index contributed by atoms with van der Waals surface area (Å²) in [6.45, 7) is 5.92. The van der Waals surface area contributed by atoms with E-state index in [2.05, 4.69) is 12.2 Å². The van der Waals surface area contributed by atoms with Gasteiger partial charge in [0.05, 0.1) is 6.42 Å². The first-order chi connectivity index (χ1) is 8.78. The Bertz CT molecular complexity index is 325. The minimum atomic E-state index is -0.846. The molecule has 0 saturated heterocycles. The predicted octanol–water partition coefficient (Wildman–Crippen LogP) is 2.96. The SMILES string of the molecule is CC1CCCC(NC(=O)CC(C)(C)CC(=O)O)CC1. The molecule has 0 aliphatic heterocycles. The van der Waals surface area contributed by atoms with Gasteiger partial charge in [0.25, 0.3) is 0 Å². The van der Waals surface area contributed by atoms with Crippen LogP contribution in [0, 0.1) is 11.3 Å². The number of hydrogen-bond acceptors (Lipinski definition) is 2. The molecule has 0 aromatic carbocycles. The molecule has 1 saturated carbocycles. The van der Waals surface area contributed by atoms with E-state index in [1.54, 1.807) is 0 Å². The quantitative estimate of drug-likeness (QED) is 0.754. The normalized spacial score (nSPS) is 24.6. The number of carboxylic acid groups (broad SMARTS) is 1. The Labute approximate surface area is 116 Å². The first kappa shape index (κ1) is 16.0. The number of carbonyl (C=O) groups excluding carboxylic acids is 1. The Hall–Kier alpha value is -1.06. The van der Waals surface area contributed by atoms with E-state index in [-0.39, 0.29) is 24.8 Å². The molecule has 0 heterocycles. The van der Waals surface area contributed by atoms with Crippen LogP contribution < -0.4 is 5.32 Å². The smallest absolute Gasteiger partial charge is 0.303 e. The lowest BCUT2D eigenvalue weighted by Crippen LogP contribution is -2.37. The fourth-order valence-electron chi connectivity index (χ4n) is 2.82. The van der Waals surface area contributed by atoms with Crippen molar-refractivity contribution in [2.24, 2.45) is 11.3 Å². The van der Waals surface area contributed by atoms with Crippen molar-refractivity contribution in [2.45, 2.75) is 71.8 Å². The number of rotatable bonds is 5. The molecule has 0 bridgehead atoms. The van der Waals surface area contributed by atoms with Crippen molar-refractivity contribution in [2.75, 3.05) is 0 Å². The predicted molar refractivity (Wildman–Crippen MR) is 74.8 cm³/mol. The summed E-state index contributed by atoms with van der Waals surface area (Å²) in [6, 6.07) is 0.276. The average molecular weight is 269 g/mol. The highest BCUT2D eigenvalue weighted by molar-refractivity contribution is 5.78. The molecule has 0 spiro atoms. The van der Waals surface area contributed by atoms with E-state index in [0.29, 0.717) is 0 Å². The van der Waals surface area contributed by atoms with E-state index in [9.17, 15) is 9.59 Å². The van der Waals surface area contributed by atoms with Crippen LogP contribution in [-0.2, 0) is 9.59 Å². The van der Waals surface area contributed by atoms with Gasteiger partial charge in [-0.1, -0.05) is 33.6 Å². The Morgan fingerprint density at radius 1 is 1.16 bits per heavy atom. The van der Waals surface area contributed by atoms with Crippen LogP contribution in [0.3, 0.4) is 0 Å². The lowest BCUT2D eigenvalue weighted by atomic mass is 9.85. The molecule has 4 nitrogen and oxygen atoms in total. The molecule has 2 N–H and O–H groups in total. The van der Waals surface area contributed by atoms with Crippen LogP contribution in [0.25, 0.3) is 0 Å². The molecule has 19 heavy (non-hydrogen) atoms. The van der Waals surface area contributed by atoms with Crippen molar-refractivity contribution in [3.05, 3.63) is 0 Å². The number of aliphatic carboxylic acids is 1. The first-order valence-corrected chi connectivity index (χ1v) is 7.30. The zero-order valence-corrected chi connectivity index (χ0v) is 12.4. The van der Waals surface area contributed by atoms with Crippen LogP contribution in [0.2, 0.25) is 0 Å². The fraction of sp³-hybridized carbons (Fsp3) is 0.867. The summed E-state index contributed by atoms with van der Waals surface area (Å²) in [5.74, 6) is -0.0998. The maximum Gasteiger partial charge on any atom is 0.303 e. The monoisotopic (exact) mass is 269 g/mol. The van der Waals surface area contributed by atoms with Crippen LogP contribution in [0.15, 0.2) is 0 Å². The summed E-state index contributed by atoms with van der Waals surface area (Å²) in [5, 5.41) is 11.9. The molecule has 0 radical (unpaired) electrons. The van der Waals surface area contributed by atoms with Crippen LogP contribution in [0.5, 0.6) is 0 Å². The third kappa shape index (κ3) is 6.60. The van der Waals surface area contributed by atoms with Crippen LogP contribution in [0.4, 0.5) is 0 Å². The topological polar surface area (TPSA) is 66.4 Å². The third-order valence-corrected chi connectivity index (χ3v) is 3.89. The molecule has 1 rings (SSSR count). The lowest BCUT2D eigenvalue weighted by molar-refractivity contribution is -0.139. The Morgan fingerprint density at radius 3 is 2.47 bits per heavy atom. The molecule has 2 unspecified atom stereocenters. The number of amides is 1. The summed E-state index contributed by atoms with van der Waals surface area (Å²) in [7, 11) is 0. The van der Waals surface area contributed by atoms with Crippen molar-refractivity contribution >= 4 is 11.9 Å². The van der Waals surface area contributed by atoms with Crippen LogP contribution >= 0.6 is 0 Å². The maximum atomic E-state index is 12.0. The van der Waals surface area contributed by atoms with Gasteiger partial charge in [-0.3, -0.25) is 9.59 Å². The molecular formula is C15H27NO3. The highest BCUT2D eigenvalue weighted by atomic mass is 16.4. The van der Waals surface area contributed by atoms with Gasteiger partial charge in [-0.25, -0.2) is 0 Å². The second-order valence-electron chi connectivity index (χ2n) is 6.79. The lowest BCUT2D eigenvalue weighted by Gasteiger charge is -2.24. The van der Waals surface area contributed by atoms with Crippen molar-refractivity contribution < 1.29 is 14.7 Å². The molecule has 1 aliphatic carbocycles. The highest BCUT2D eigenvalue weighted by Crippen LogP contribution is 2.26. The molecule has 1 amide bonds. The molecule has 4 heteroatoms. The minimum absolute atomic E-state index is 0.00852. The first-order valence-electron chi connectivity index (χ1n) is 7.30. The average Bonchev–Trinajstić information content (AvgIpc) is 2.40. The standard InChI is InChI=1S/C15H27NO3/c1-11-5-4-6-12(8-7-11)16-13(17)9-15(2,3)10-14(18)19/h11-12H,4-10H2,1-3H3,(H,16,17)(H,18,19). The molecule has 0 aromatic heterocycles. The Kier molecular flexibility index (Phi) is 5.83. The number of hydrogen-bond donors (Lipinski definition) is 2. The van der Waals surface area contributed by atoms with E-state index >= 15 is 0 Å². The van der Waals surface area contributed by atoms with Gasteiger partial charge in [-0.05, 0) is 30.6 Å². The molecular weight excluding hydrogens is 242 g/mol. The van der Waals surface area contributed by atoms with E-state index in [4.69, 9.17) is 5.11 Å². The zero-order chi connectivity index (χ0) is 14.5. The molecule has 2 atom stereocenters. The van der Waals surface area contributed by atoms with Gasteiger partial charge in [0, 0.05) is 12.5 Å². The van der Waals surface area contributed by atoms with Gasteiger partial charge < -0.3 is 10.4 Å². The largest absolute Gasteiger partial charge is 0.481 e. The third-order valence-electron chi connectivity index (χ3n) is 3.89. The van der Waals surface area contributed by atoms with E-state index in [1.807, 2.05) is 13.8 Å². The van der Waals surface area contributed by atoms with E-state index in [1.165, 1.54) is 19.3 Å². The summed E-state index contributed by atoms with van der Waals surface area (Å²) >= 11 is 0. The molecule has 1 fully saturated rings. The number of carboxylic acids is 1.